The van der Waals surface area contributed by atoms with Gasteiger partial charge in [-0.2, -0.15) is 13.2 Å². The number of aliphatic carboxylic acids is 1. The summed E-state index contributed by atoms with van der Waals surface area (Å²) >= 11 is 0. The molecule has 0 aliphatic heterocycles. The van der Waals surface area contributed by atoms with Crippen LogP contribution in [0.15, 0.2) is 12.7 Å². The second-order valence-corrected chi connectivity index (χ2v) is 3.44. The normalized spacial score (nSPS) is 16.4. The zero-order chi connectivity index (χ0) is 13.6. The summed E-state index contributed by atoms with van der Waals surface area (Å²) in [5, 5.41) is 16.5. The summed E-state index contributed by atoms with van der Waals surface area (Å²) in [6.45, 7) is 7.00. The quantitative estimate of drug-likeness (QED) is 0.652. The van der Waals surface area contributed by atoms with Crippen LogP contribution in [-0.2, 0) is 4.79 Å². The maximum absolute atomic E-state index is 10.6. The molecule has 2 atom stereocenters. The van der Waals surface area contributed by atoms with Gasteiger partial charge in [0.1, 0.15) is 0 Å². The van der Waals surface area contributed by atoms with Gasteiger partial charge in [0, 0.05) is 6.04 Å². The molecule has 0 radical (unpaired) electrons. The topological polar surface area (TPSA) is 83.5 Å². The minimum atomic E-state index is -5.08. The van der Waals surface area contributed by atoms with Crippen molar-refractivity contribution in [2.24, 2.45) is 5.73 Å². The number of halogens is 3. The molecule has 0 unspecified atom stereocenters. The Morgan fingerprint density at radius 1 is 1.56 bits per heavy atom. The average molecular weight is 243 g/mol. The molecule has 7 heteroatoms. The smallest absolute Gasteiger partial charge is 0.475 e. The van der Waals surface area contributed by atoms with E-state index in [2.05, 4.69) is 6.58 Å². The molecule has 4 N–H and O–H groups in total. The highest BCUT2D eigenvalue weighted by Gasteiger charge is 2.38. The summed E-state index contributed by atoms with van der Waals surface area (Å²) < 4.78 is 31.7. The van der Waals surface area contributed by atoms with Gasteiger partial charge in [0.2, 0.25) is 0 Å². The Labute approximate surface area is 91.6 Å². The molecule has 0 fully saturated rings. The van der Waals surface area contributed by atoms with Crippen molar-refractivity contribution in [2.45, 2.75) is 38.1 Å². The van der Waals surface area contributed by atoms with E-state index in [4.69, 9.17) is 15.6 Å². The van der Waals surface area contributed by atoms with Gasteiger partial charge in [0.05, 0.1) is 5.60 Å². The van der Waals surface area contributed by atoms with Gasteiger partial charge in [-0.3, -0.25) is 0 Å². The average Bonchev–Trinajstić information content (AvgIpc) is 2.02. The maximum Gasteiger partial charge on any atom is 0.490 e. The van der Waals surface area contributed by atoms with Crippen LogP contribution in [0.4, 0.5) is 13.2 Å². The zero-order valence-electron chi connectivity index (χ0n) is 9.08. The molecule has 0 aromatic carbocycles. The van der Waals surface area contributed by atoms with Crippen molar-refractivity contribution in [1.29, 1.82) is 0 Å². The van der Waals surface area contributed by atoms with Crippen LogP contribution in [0.2, 0.25) is 0 Å². The zero-order valence-corrected chi connectivity index (χ0v) is 9.08. The van der Waals surface area contributed by atoms with Gasteiger partial charge in [-0.1, -0.05) is 6.08 Å². The number of nitrogens with two attached hydrogens (primary N) is 1. The Hall–Kier alpha value is -1.08. The van der Waals surface area contributed by atoms with Gasteiger partial charge >= 0.3 is 12.1 Å². The molecular formula is C9H16F3NO3. The highest BCUT2D eigenvalue weighted by Crippen LogP contribution is 2.13. The van der Waals surface area contributed by atoms with E-state index >= 15 is 0 Å². The number of hydrogen-bond donors (Lipinski definition) is 3. The summed E-state index contributed by atoms with van der Waals surface area (Å²) in [5.74, 6) is -2.76. The maximum atomic E-state index is 10.6. The van der Waals surface area contributed by atoms with Crippen LogP contribution in [0.5, 0.6) is 0 Å². The fourth-order valence-corrected chi connectivity index (χ4v) is 0.478. The monoisotopic (exact) mass is 243 g/mol. The number of rotatable bonds is 3. The fraction of sp³-hybridized carbons (Fsp3) is 0.667. The number of carboxylic acid groups (broad SMARTS) is 1. The summed E-state index contributed by atoms with van der Waals surface area (Å²) in [6.07, 6.45) is -2.87. The Kier molecular flexibility index (Phi) is 7.03. The van der Waals surface area contributed by atoms with Crippen molar-refractivity contribution in [2.75, 3.05) is 0 Å². The molecule has 4 nitrogen and oxygen atoms in total. The summed E-state index contributed by atoms with van der Waals surface area (Å²) in [7, 11) is 0. The third kappa shape index (κ3) is 8.25. The van der Waals surface area contributed by atoms with E-state index in [0.717, 1.165) is 0 Å². The number of carboxylic acids is 1. The molecule has 0 rings (SSSR count). The molecule has 0 heterocycles. The van der Waals surface area contributed by atoms with Crippen molar-refractivity contribution in [1.82, 2.24) is 0 Å². The lowest BCUT2D eigenvalue weighted by atomic mass is 9.95. The Balaban J connectivity index is 0. The molecule has 0 aliphatic carbocycles. The lowest BCUT2D eigenvalue weighted by Gasteiger charge is -2.25. The van der Waals surface area contributed by atoms with E-state index in [1.54, 1.807) is 19.9 Å². The minimum absolute atomic E-state index is 0.199. The molecule has 0 saturated heterocycles. The van der Waals surface area contributed by atoms with E-state index < -0.39 is 17.7 Å². The van der Waals surface area contributed by atoms with Gasteiger partial charge in [0.25, 0.3) is 0 Å². The van der Waals surface area contributed by atoms with E-state index in [1.165, 1.54) is 0 Å². The first-order valence-corrected chi connectivity index (χ1v) is 4.34. The van der Waals surface area contributed by atoms with E-state index in [9.17, 15) is 18.3 Å². The van der Waals surface area contributed by atoms with Crippen LogP contribution in [-0.4, -0.2) is 34.0 Å². The van der Waals surface area contributed by atoms with E-state index in [0.29, 0.717) is 6.42 Å². The molecule has 0 aromatic heterocycles. The van der Waals surface area contributed by atoms with Crippen LogP contribution in [0.1, 0.15) is 20.3 Å². The van der Waals surface area contributed by atoms with Crippen molar-refractivity contribution in [3.8, 4) is 0 Å². The fourth-order valence-electron chi connectivity index (χ4n) is 0.478. The minimum Gasteiger partial charge on any atom is -0.475 e. The molecule has 0 bridgehead atoms. The second-order valence-electron chi connectivity index (χ2n) is 3.44. The number of hydrogen-bond acceptors (Lipinski definition) is 3. The van der Waals surface area contributed by atoms with Crippen LogP contribution >= 0.6 is 0 Å². The highest BCUT2D eigenvalue weighted by molar-refractivity contribution is 5.73. The van der Waals surface area contributed by atoms with Crippen LogP contribution < -0.4 is 5.73 Å². The third-order valence-corrected chi connectivity index (χ3v) is 1.78. The predicted octanol–water partition coefficient (Wildman–Crippen LogP) is 1.29. The Morgan fingerprint density at radius 3 is 1.94 bits per heavy atom. The molecule has 0 aromatic rings. The molecule has 16 heavy (non-hydrogen) atoms. The highest BCUT2D eigenvalue weighted by atomic mass is 19.4. The van der Waals surface area contributed by atoms with Crippen LogP contribution in [0.3, 0.4) is 0 Å². The molecule has 96 valence electrons. The Morgan fingerprint density at radius 2 is 1.88 bits per heavy atom. The Bertz CT molecular complexity index is 237. The number of aliphatic hydroxyl groups is 1. The number of alkyl halides is 3. The first-order chi connectivity index (χ1) is 6.95. The first-order valence-electron chi connectivity index (χ1n) is 4.34. The first kappa shape index (κ1) is 17.3. The van der Waals surface area contributed by atoms with Crippen molar-refractivity contribution in [3.63, 3.8) is 0 Å². The second kappa shape index (κ2) is 6.49. The van der Waals surface area contributed by atoms with Crippen LogP contribution in [0, 0.1) is 0 Å². The largest absolute Gasteiger partial charge is 0.490 e. The van der Waals surface area contributed by atoms with Crippen LogP contribution in [0.25, 0.3) is 0 Å². The van der Waals surface area contributed by atoms with E-state index in [1.807, 2.05) is 0 Å². The van der Waals surface area contributed by atoms with E-state index in [-0.39, 0.29) is 6.04 Å². The van der Waals surface area contributed by atoms with Gasteiger partial charge < -0.3 is 15.9 Å². The van der Waals surface area contributed by atoms with Crippen molar-refractivity contribution in [3.05, 3.63) is 12.7 Å². The summed E-state index contributed by atoms with van der Waals surface area (Å²) in [6, 6.07) is -0.199. The molecule has 0 amide bonds. The predicted molar refractivity (Wildman–Crippen MR) is 52.8 cm³/mol. The van der Waals surface area contributed by atoms with Gasteiger partial charge in [-0.25, -0.2) is 4.79 Å². The SMILES string of the molecule is C=CC[C@](C)(O)[C@H](C)N.O=C(O)C(F)(F)F. The molecule has 0 aliphatic rings. The standard InChI is InChI=1S/C7H15NO.C2HF3O2/c1-4-5-7(3,9)6(2)8;3-2(4,5)1(6)7/h4,6,9H,1,5,8H2,2-3H3;(H,6,7)/t6-,7-;/m0./s1. The molecule has 0 spiro atoms. The van der Waals surface area contributed by atoms with Crippen molar-refractivity contribution < 1.29 is 28.2 Å². The molecular weight excluding hydrogens is 227 g/mol. The third-order valence-electron chi connectivity index (χ3n) is 1.78. The lowest BCUT2D eigenvalue weighted by molar-refractivity contribution is -0.192. The summed E-state index contributed by atoms with van der Waals surface area (Å²) in [5.41, 5.74) is 4.67. The number of carbonyl (C=O) groups is 1. The van der Waals surface area contributed by atoms with Gasteiger partial charge in [0.15, 0.2) is 0 Å². The van der Waals surface area contributed by atoms with Gasteiger partial charge in [-0.05, 0) is 20.3 Å². The van der Waals surface area contributed by atoms with Gasteiger partial charge in [-0.15, -0.1) is 6.58 Å². The molecule has 0 saturated carbocycles. The summed E-state index contributed by atoms with van der Waals surface area (Å²) in [4.78, 5) is 8.90. The van der Waals surface area contributed by atoms with Crippen molar-refractivity contribution >= 4 is 5.97 Å². The lowest BCUT2D eigenvalue weighted by Crippen LogP contribution is -2.42.